The van der Waals surface area contributed by atoms with Crippen molar-refractivity contribution in [2.45, 2.75) is 57.8 Å². The molecule has 3 rings (SSSR count). The van der Waals surface area contributed by atoms with Crippen molar-refractivity contribution in [3.05, 3.63) is 35.4 Å². The van der Waals surface area contributed by atoms with Crippen molar-refractivity contribution in [2.24, 2.45) is 10.7 Å². The third-order valence-electron chi connectivity index (χ3n) is 5.00. The van der Waals surface area contributed by atoms with Gasteiger partial charge < -0.3 is 20.1 Å². The highest BCUT2D eigenvalue weighted by atomic mass is 127. The molecule has 0 saturated carbocycles. The number of hydrogen-bond acceptors (Lipinski definition) is 3. The topological polar surface area (TPSA) is 60.1 Å². The second-order valence-electron chi connectivity index (χ2n) is 7.02. The Morgan fingerprint density at radius 1 is 1.12 bits per heavy atom. The van der Waals surface area contributed by atoms with Crippen molar-refractivity contribution in [3.63, 3.8) is 0 Å². The van der Waals surface area contributed by atoms with Crippen molar-refractivity contribution in [2.75, 3.05) is 26.3 Å². The van der Waals surface area contributed by atoms with E-state index in [0.29, 0.717) is 25.2 Å². The predicted molar refractivity (Wildman–Crippen MR) is 116 cm³/mol. The van der Waals surface area contributed by atoms with Crippen molar-refractivity contribution in [1.29, 1.82) is 0 Å². The van der Waals surface area contributed by atoms with E-state index in [2.05, 4.69) is 34.2 Å². The van der Waals surface area contributed by atoms with Gasteiger partial charge in [0.1, 0.15) is 0 Å². The van der Waals surface area contributed by atoms with E-state index >= 15 is 0 Å². The fraction of sp³-hybridized carbons (Fsp3) is 0.650. The summed E-state index contributed by atoms with van der Waals surface area (Å²) in [6.07, 6.45) is 7.36. The van der Waals surface area contributed by atoms with Gasteiger partial charge in [0.05, 0.1) is 19.3 Å². The zero-order valence-electron chi connectivity index (χ0n) is 15.6. The molecule has 6 heteroatoms. The molecule has 2 N–H and O–H groups in total. The molecule has 1 aromatic carbocycles. The van der Waals surface area contributed by atoms with Crippen LogP contribution < -0.4 is 5.73 Å². The molecule has 0 atom stereocenters. The average Bonchev–Trinajstić information content (AvgIpc) is 2.95. The lowest BCUT2D eigenvalue weighted by Crippen LogP contribution is -2.38. The Morgan fingerprint density at radius 3 is 2.54 bits per heavy atom. The van der Waals surface area contributed by atoms with Gasteiger partial charge in [-0.05, 0) is 36.8 Å². The first-order chi connectivity index (χ1) is 12.3. The number of aliphatic imine (C=N–C) groups is 1. The molecule has 146 valence electrons. The minimum Gasteiger partial charge on any atom is -0.381 e. The molecule has 2 aliphatic heterocycles. The Bertz CT molecular complexity index is 554. The van der Waals surface area contributed by atoms with Crippen LogP contribution in [0, 0.1) is 0 Å². The molecule has 5 nitrogen and oxygen atoms in total. The van der Waals surface area contributed by atoms with Crippen LogP contribution in [0.4, 0.5) is 0 Å². The van der Waals surface area contributed by atoms with Crippen LogP contribution in [-0.4, -0.2) is 43.3 Å². The minimum absolute atomic E-state index is 0. The SMILES string of the molecule is I.NC(=NCc1cccc(COC2CCOCC2)c1)N1CCCCCC1. The summed E-state index contributed by atoms with van der Waals surface area (Å²) in [6, 6.07) is 8.48. The Hall–Kier alpha value is -0.860. The van der Waals surface area contributed by atoms with E-state index in [1.165, 1.54) is 36.8 Å². The number of halogens is 1. The normalized spacial score (nSPS) is 19.7. The fourth-order valence-electron chi connectivity index (χ4n) is 3.45. The van der Waals surface area contributed by atoms with Gasteiger partial charge in [-0.2, -0.15) is 0 Å². The summed E-state index contributed by atoms with van der Waals surface area (Å²) >= 11 is 0. The first kappa shape index (κ1) is 21.4. The lowest BCUT2D eigenvalue weighted by Gasteiger charge is -2.22. The molecule has 0 unspecified atom stereocenters. The minimum atomic E-state index is 0. The maximum atomic E-state index is 6.20. The van der Waals surface area contributed by atoms with Gasteiger partial charge in [-0.1, -0.05) is 37.1 Å². The highest BCUT2D eigenvalue weighted by Gasteiger charge is 2.14. The van der Waals surface area contributed by atoms with Gasteiger partial charge in [0.2, 0.25) is 0 Å². The number of nitrogens with zero attached hydrogens (tertiary/aromatic N) is 2. The summed E-state index contributed by atoms with van der Waals surface area (Å²) in [6.45, 7) is 4.99. The predicted octanol–water partition coefficient (Wildman–Crippen LogP) is 3.69. The molecule has 2 aliphatic rings. The largest absolute Gasteiger partial charge is 0.381 e. The standard InChI is InChI=1S/C20H31N3O2.HI/c21-20(23-10-3-1-2-4-11-23)22-15-17-6-5-7-18(14-17)16-25-19-8-12-24-13-9-19;/h5-7,14,19H,1-4,8-13,15-16H2,(H2,21,22);1H. The first-order valence-electron chi connectivity index (χ1n) is 9.63. The molecular weight excluding hydrogens is 441 g/mol. The number of rotatable bonds is 5. The molecule has 0 radical (unpaired) electrons. The number of nitrogens with two attached hydrogens (primary N) is 1. The van der Waals surface area contributed by atoms with E-state index in [-0.39, 0.29) is 24.0 Å². The quantitative estimate of drug-likeness (QED) is 0.403. The van der Waals surface area contributed by atoms with Gasteiger partial charge >= 0.3 is 0 Å². The Morgan fingerprint density at radius 2 is 1.81 bits per heavy atom. The molecule has 26 heavy (non-hydrogen) atoms. The average molecular weight is 473 g/mol. The highest BCUT2D eigenvalue weighted by Crippen LogP contribution is 2.15. The van der Waals surface area contributed by atoms with Crippen LogP contribution in [0.1, 0.15) is 49.7 Å². The molecule has 0 spiro atoms. The fourth-order valence-corrected chi connectivity index (χ4v) is 3.45. The third-order valence-corrected chi connectivity index (χ3v) is 5.00. The van der Waals surface area contributed by atoms with Crippen LogP contribution in [0.3, 0.4) is 0 Å². The molecule has 0 amide bonds. The van der Waals surface area contributed by atoms with E-state index < -0.39 is 0 Å². The number of likely N-dealkylation sites (tertiary alicyclic amines) is 1. The molecule has 0 bridgehead atoms. The van der Waals surface area contributed by atoms with Crippen LogP contribution >= 0.6 is 24.0 Å². The smallest absolute Gasteiger partial charge is 0.191 e. The van der Waals surface area contributed by atoms with Crippen molar-refractivity contribution < 1.29 is 9.47 Å². The third kappa shape index (κ3) is 7.04. The number of ether oxygens (including phenoxy) is 2. The van der Waals surface area contributed by atoms with E-state index in [1.54, 1.807) is 0 Å². The van der Waals surface area contributed by atoms with E-state index in [0.717, 1.165) is 39.1 Å². The lowest BCUT2D eigenvalue weighted by molar-refractivity contribution is -0.0390. The maximum absolute atomic E-state index is 6.20. The summed E-state index contributed by atoms with van der Waals surface area (Å²) in [5.41, 5.74) is 8.59. The Balaban J connectivity index is 0.00000243. The Labute approximate surface area is 174 Å². The van der Waals surface area contributed by atoms with E-state index in [4.69, 9.17) is 15.2 Å². The molecule has 2 fully saturated rings. The summed E-state index contributed by atoms with van der Waals surface area (Å²) in [7, 11) is 0. The van der Waals surface area contributed by atoms with Crippen LogP contribution in [-0.2, 0) is 22.6 Å². The summed E-state index contributed by atoms with van der Waals surface area (Å²) in [5, 5.41) is 0. The van der Waals surface area contributed by atoms with Crippen LogP contribution in [0.5, 0.6) is 0 Å². The zero-order chi connectivity index (χ0) is 17.3. The van der Waals surface area contributed by atoms with Crippen LogP contribution in [0.25, 0.3) is 0 Å². The van der Waals surface area contributed by atoms with E-state index in [9.17, 15) is 0 Å². The maximum Gasteiger partial charge on any atom is 0.191 e. The van der Waals surface area contributed by atoms with Gasteiger partial charge in [-0.15, -0.1) is 24.0 Å². The van der Waals surface area contributed by atoms with Gasteiger partial charge in [0.15, 0.2) is 5.96 Å². The summed E-state index contributed by atoms with van der Waals surface area (Å²) < 4.78 is 11.4. The summed E-state index contributed by atoms with van der Waals surface area (Å²) in [5.74, 6) is 0.686. The monoisotopic (exact) mass is 473 g/mol. The van der Waals surface area contributed by atoms with Crippen molar-refractivity contribution >= 4 is 29.9 Å². The van der Waals surface area contributed by atoms with Gasteiger partial charge in [-0.25, -0.2) is 4.99 Å². The van der Waals surface area contributed by atoms with E-state index in [1.807, 2.05) is 0 Å². The lowest BCUT2D eigenvalue weighted by atomic mass is 10.1. The molecule has 2 saturated heterocycles. The number of benzene rings is 1. The van der Waals surface area contributed by atoms with Crippen molar-refractivity contribution in [1.82, 2.24) is 4.90 Å². The molecular formula is C20H32IN3O2. The highest BCUT2D eigenvalue weighted by molar-refractivity contribution is 14.0. The van der Waals surface area contributed by atoms with Crippen molar-refractivity contribution in [3.8, 4) is 0 Å². The number of guanidine groups is 1. The Kier molecular flexibility index (Phi) is 9.71. The number of hydrogen-bond donors (Lipinski definition) is 1. The molecule has 0 aliphatic carbocycles. The molecule has 1 aromatic rings. The molecule has 0 aromatic heterocycles. The van der Waals surface area contributed by atoms with Gasteiger partial charge in [-0.3, -0.25) is 0 Å². The van der Waals surface area contributed by atoms with Gasteiger partial charge in [0.25, 0.3) is 0 Å². The second-order valence-corrected chi connectivity index (χ2v) is 7.02. The first-order valence-corrected chi connectivity index (χ1v) is 9.63. The van der Waals surface area contributed by atoms with Crippen LogP contribution in [0.2, 0.25) is 0 Å². The van der Waals surface area contributed by atoms with Gasteiger partial charge in [0, 0.05) is 26.3 Å². The molecule has 2 heterocycles. The summed E-state index contributed by atoms with van der Waals surface area (Å²) in [4.78, 5) is 6.84. The second kappa shape index (κ2) is 11.8. The zero-order valence-corrected chi connectivity index (χ0v) is 17.9. The van der Waals surface area contributed by atoms with Crippen LogP contribution in [0.15, 0.2) is 29.3 Å².